The average molecular weight is 360 g/mol. The molecular formula is C14H13BrClFN2O. The number of nitrogens with zero attached hydrogens (tertiary/aromatic N) is 1. The van der Waals surface area contributed by atoms with Crippen LogP contribution in [-0.4, -0.2) is 11.5 Å². The van der Waals surface area contributed by atoms with Crippen LogP contribution in [0.5, 0.6) is 11.6 Å². The summed E-state index contributed by atoms with van der Waals surface area (Å²) in [6.07, 6.45) is 1.70. The Kier molecular flexibility index (Phi) is 5.34. The predicted molar refractivity (Wildman–Crippen MR) is 80.8 cm³/mol. The number of rotatable bonds is 5. The van der Waals surface area contributed by atoms with Crippen LogP contribution in [0.3, 0.4) is 0 Å². The molecule has 0 aliphatic carbocycles. The maximum Gasteiger partial charge on any atom is 0.238 e. The first-order valence-corrected chi connectivity index (χ1v) is 7.25. The van der Waals surface area contributed by atoms with Gasteiger partial charge in [0.1, 0.15) is 16.6 Å². The molecule has 6 heteroatoms. The van der Waals surface area contributed by atoms with Crippen molar-refractivity contribution >= 4 is 27.5 Å². The fourth-order valence-corrected chi connectivity index (χ4v) is 2.23. The first-order chi connectivity index (χ1) is 9.60. The van der Waals surface area contributed by atoms with Crippen LogP contribution in [0, 0.1) is 5.82 Å². The Morgan fingerprint density at radius 1 is 1.40 bits per heavy atom. The minimum atomic E-state index is -0.343. The number of hydrogen-bond acceptors (Lipinski definition) is 3. The van der Waals surface area contributed by atoms with Crippen molar-refractivity contribution in [2.75, 3.05) is 6.54 Å². The molecule has 0 amide bonds. The number of halogens is 3. The fraction of sp³-hybridized carbons (Fsp3) is 0.214. The molecule has 1 heterocycles. The molecule has 1 aromatic heterocycles. The summed E-state index contributed by atoms with van der Waals surface area (Å²) in [6.45, 7) is 3.60. The molecule has 2 aromatic rings. The van der Waals surface area contributed by atoms with E-state index in [9.17, 15) is 4.39 Å². The van der Waals surface area contributed by atoms with Crippen molar-refractivity contribution in [1.29, 1.82) is 0 Å². The van der Waals surface area contributed by atoms with E-state index < -0.39 is 0 Å². The number of nitrogens with one attached hydrogen (secondary N) is 1. The highest BCUT2D eigenvalue weighted by Gasteiger charge is 2.09. The van der Waals surface area contributed by atoms with Gasteiger partial charge in [-0.3, -0.25) is 0 Å². The van der Waals surface area contributed by atoms with Gasteiger partial charge >= 0.3 is 0 Å². The van der Waals surface area contributed by atoms with Crippen LogP contribution >= 0.6 is 27.5 Å². The van der Waals surface area contributed by atoms with Crippen molar-refractivity contribution in [3.05, 3.63) is 51.3 Å². The molecule has 0 spiro atoms. The second-order valence-corrected chi connectivity index (χ2v) is 5.35. The van der Waals surface area contributed by atoms with E-state index in [1.54, 1.807) is 12.3 Å². The molecule has 0 fully saturated rings. The molecule has 0 aliphatic rings. The van der Waals surface area contributed by atoms with Gasteiger partial charge in [-0.05, 0) is 52.3 Å². The van der Waals surface area contributed by atoms with Crippen molar-refractivity contribution in [2.45, 2.75) is 13.5 Å². The maximum atomic E-state index is 13.0. The standard InChI is InChI=1S/C14H13BrClFN2O/c1-2-18-7-9-5-12(16)14(19-8-9)20-13-4-3-10(17)6-11(13)15/h3-6,8,18H,2,7H2,1H3. The van der Waals surface area contributed by atoms with Gasteiger partial charge in [0.15, 0.2) is 0 Å². The Morgan fingerprint density at radius 2 is 2.20 bits per heavy atom. The largest absolute Gasteiger partial charge is 0.436 e. The smallest absolute Gasteiger partial charge is 0.238 e. The van der Waals surface area contributed by atoms with Crippen molar-refractivity contribution in [3.63, 3.8) is 0 Å². The Bertz CT molecular complexity index is 610. The lowest BCUT2D eigenvalue weighted by atomic mass is 10.3. The molecule has 1 N–H and O–H groups in total. The Morgan fingerprint density at radius 3 is 2.85 bits per heavy atom. The summed E-state index contributed by atoms with van der Waals surface area (Å²) in [5.74, 6) is 0.406. The van der Waals surface area contributed by atoms with Crippen LogP contribution in [0.15, 0.2) is 34.9 Å². The molecule has 3 nitrogen and oxygen atoms in total. The topological polar surface area (TPSA) is 34.2 Å². The third kappa shape index (κ3) is 3.91. The maximum absolute atomic E-state index is 13.0. The summed E-state index contributed by atoms with van der Waals surface area (Å²) in [5.41, 5.74) is 0.974. The Balaban J connectivity index is 2.17. The quantitative estimate of drug-likeness (QED) is 0.851. The second kappa shape index (κ2) is 7.02. The van der Waals surface area contributed by atoms with Crippen LogP contribution in [0.25, 0.3) is 0 Å². The molecule has 0 saturated heterocycles. The van der Waals surface area contributed by atoms with Gasteiger partial charge in [0.05, 0.1) is 4.47 Å². The average Bonchev–Trinajstić information content (AvgIpc) is 2.42. The molecule has 0 atom stereocenters. The van der Waals surface area contributed by atoms with Crippen LogP contribution in [-0.2, 0) is 6.54 Å². The van der Waals surface area contributed by atoms with Crippen molar-refractivity contribution < 1.29 is 9.13 Å². The first-order valence-electron chi connectivity index (χ1n) is 6.08. The SMILES string of the molecule is CCNCc1cnc(Oc2ccc(F)cc2Br)c(Cl)c1. The highest BCUT2D eigenvalue weighted by Crippen LogP contribution is 2.32. The summed E-state index contributed by atoms with van der Waals surface area (Å²) in [4.78, 5) is 4.18. The summed E-state index contributed by atoms with van der Waals surface area (Å²) < 4.78 is 19.1. The molecule has 0 unspecified atom stereocenters. The highest BCUT2D eigenvalue weighted by atomic mass is 79.9. The summed E-state index contributed by atoms with van der Waals surface area (Å²) in [7, 11) is 0. The zero-order valence-electron chi connectivity index (χ0n) is 10.8. The van der Waals surface area contributed by atoms with Gasteiger partial charge < -0.3 is 10.1 Å². The number of ether oxygens (including phenoxy) is 1. The first kappa shape index (κ1) is 15.2. The van der Waals surface area contributed by atoms with Gasteiger partial charge in [-0.2, -0.15) is 0 Å². The molecule has 2 rings (SSSR count). The van der Waals surface area contributed by atoms with Crippen LogP contribution in [0.1, 0.15) is 12.5 Å². The zero-order chi connectivity index (χ0) is 14.5. The van der Waals surface area contributed by atoms with Crippen LogP contribution < -0.4 is 10.1 Å². The fourth-order valence-electron chi connectivity index (χ4n) is 1.57. The van der Waals surface area contributed by atoms with Gasteiger partial charge in [-0.1, -0.05) is 18.5 Å². The zero-order valence-corrected chi connectivity index (χ0v) is 13.1. The van der Waals surface area contributed by atoms with E-state index in [1.807, 2.05) is 6.92 Å². The van der Waals surface area contributed by atoms with E-state index in [1.165, 1.54) is 18.2 Å². The monoisotopic (exact) mass is 358 g/mol. The van der Waals surface area contributed by atoms with Gasteiger partial charge in [-0.15, -0.1) is 0 Å². The van der Waals surface area contributed by atoms with Gasteiger partial charge in [0.2, 0.25) is 5.88 Å². The molecule has 0 radical (unpaired) electrons. The summed E-state index contributed by atoms with van der Waals surface area (Å²) in [6, 6.07) is 5.95. The lowest BCUT2D eigenvalue weighted by Crippen LogP contribution is -2.11. The van der Waals surface area contributed by atoms with E-state index >= 15 is 0 Å². The third-order valence-electron chi connectivity index (χ3n) is 2.54. The number of hydrogen-bond donors (Lipinski definition) is 1. The minimum absolute atomic E-state index is 0.291. The molecule has 0 saturated carbocycles. The minimum Gasteiger partial charge on any atom is -0.436 e. The Labute approximate surface area is 130 Å². The number of benzene rings is 1. The summed E-state index contributed by atoms with van der Waals surface area (Å²) in [5, 5.41) is 3.60. The molecule has 1 aromatic carbocycles. The van der Waals surface area contributed by atoms with Gasteiger partial charge in [-0.25, -0.2) is 9.37 Å². The lowest BCUT2D eigenvalue weighted by Gasteiger charge is -2.09. The van der Waals surface area contributed by atoms with Crippen molar-refractivity contribution in [3.8, 4) is 11.6 Å². The van der Waals surface area contributed by atoms with E-state index in [0.717, 1.165) is 12.1 Å². The normalized spacial score (nSPS) is 10.6. The predicted octanol–water partition coefficient (Wildman–Crippen LogP) is 4.54. The van der Waals surface area contributed by atoms with E-state index in [0.29, 0.717) is 27.7 Å². The second-order valence-electron chi connectivity index (χ2n) is 4.09. The lowest BCUT2D eigenvalue weighted by molar-refractivity contribution is 0.458. The van der Waals surface area contributed by atoms with Gasteiger partial charge in [0.25, 0.3) is 0 Å². The van der Waals surface area contributed by atoms with Crippen LogP contribution in [0.2, 0.25) is 5.02 Å². The third-order valence-corrected chi connectivity index (χ3v) is 3.43. The van der Waals surface area contributed by atoms with E-state index in [-0.39, 0.29) is 5.82 Å². The highest BCUT2D eigenvalue weighted by molar-refractivity contribution is 9.10. The molecular weight excluding hydrogens is 347 g/mol. The molecule has 20 heavy (non-hydrogen) atoms. The van der Waals surface area contributed by atoms with E-state index in [2.05, 4.69) is 26.2 Å². The molecule has 106 valence electrons. The summed E-state index contributed by atoms with van der Waals surface area (Å²) >= 11 is 9.37. The molecule has 0 aliphatic heterocycles. The number of aromatic nitrogens is 1. The van der Waals surface area contributed by atoms with Crippen molar-refractivity contribution in [2.24, 2.45) is 0 Å². The Hall–Kier alpha value is -1.17. The van der Waals surface area contributed by atoms with Crippen molar-refractivity contribution in [1.82, 2.24) is 10.3 Å². The van der Waals surface area contributed by atoms with Gasteiger partial charge in [0, 0.05) is 12.7 Å². The van der Waals surface area contributed by atoms with E-state index in [4.69, 9.17) is 16.3 Å². The van der Waals surface area contributed by atoms with Crippen LogP contribution in [0.4, 0.5) is 4.39 Å². The molecule has 0 bridgehead atoms. The number of pyridine rings is 1.